The van der Waals surface area contributed by atoms with E-state index in [2.05, 4.69) is 31.8 Å². The molecule has 2 aromatic rings. The zero-order chi connectivity index (χ0) is 15.5. The van der Waals surface area contributed by atoms with Gasteiger partial charge >= 0.3 is 0 Å². The van der Waals surface area contributed by atoms with Crippen LogP contribution in [0.3, 0.4) is 0 Å². The number of rotatable bonds is 2. The topological polar surface area (TPSA) is 92.5 Å². The highest BCUT2D eigenvalue weighted by molar-refractivity contribution is 9.10. The van der Waals surface area contributed by atoms with Gasteiger partial charge in [-0.05, 0) is 34.1 Å². The standard InChI is InChI=1S/C14H12BrN3O4/c15-8-5-9(16-6-8)13(19)17-18-14(20)12-7-21-10-3-1-2-4-11(10)22-12/h1-6,12,16H,7H2,(H,17,19)(H,18,20). The molecule has 22 heavy (non-hydrogen) atoms. The Hall–Kier alpha value is -2.48. The van der Waals surface area contributed by atoms with Crippen molar-refractivity contribution >= 4 is 27.7 Å². The Morgan fingerprint density at radius 1 is 1.23 bits per heavy atom. The number of carbonyl (C=O) groups excluding carboxylic acids is 2. The maximum absolute atomic E-state index is 12.0. The lowest BCUT2D eigenvalue weighted by Crippen LogP contribution is -2.50. The summed E-state index contributed by atoms with van der Waals surface area (Å²) >= 11 is 3.22. The van der Waals surface area contributed by atoms with Crippen molar-refractivity contribution in [1.29, 1.82) is 0 Å². The summed E-state index contributed by atoms with van der Waals surface area (Å²) < 4.78 is 11.7. The fourth-order valence-electron chi connectivity index (χ4n) is 1.91. The van der Waals surface area contributed by atoms with Gasteiger partial charge in [0.15, 0.2) is 11.5 Å². The summed E-state index contributed by atoms with van der Waals surface area (Å²) in [5.41, 5.74) is 4.94. The van der Waals surface area contributed by atoms with Crippen LogP contribution in [0.2, 0.25) is 0 Å². The van der Waals surface area contributed by atoms with Crippen LogP contribution in [0.4, 0.5) is 0 Å². The Morgan fingerprint density at radius 2 is 2.00 bits per heavy atom. The van der Waals surface area contributed by atoms with E-state index in [-0.39, 0.29) is 6.61 Å². The average Bonchev–Trinajstić information content (AvgIpc) is 2.98. The highest BCUT2D eigenvalue weighted by Gasteiger charge is 2.27. The van der Waals surface area contributed by atoms with Gasteiger partial charge in [-0.25, -0.2) is 0 Å². The number of amides is 2. The summed E-state index contributed by atoms with van der Waals surface area (Å²) in [6.07, 6.45) is 0.789. The Labute approximate surface area is 134 Å². The van der Waals surface area contributed by atoms with E-state index in [9.17, 15) is 9.59 Å². The summed E-state index contributed by atoms with van der Waals surface area (Å²) in [6.45, 7) is 0.0762. The van der Waals surface area contributed by atoms with Crippen LogP contribution in [0.25, 0.3) is 0 Å². The van der Waals surface area contributed by atoms with E-state index >= 15 is 0 Å². The number of ether oxygens (including phenoxy) is 2. The molecule has 2 heterocycles. The number of nitrogens with one attached hydrogen (secondary N) is 3. The van der Waals surface area contributed by atoms with E-state index in [0.717, 1.165) is 4.47 Å². The molecule has 1 aliphatic heterocycles. The molecule has 0 saturated heterocycles. The second kappa shape index (κ2) is 6.10. The number of halogens is 1. The number of para-hydroxylation sites is 2. The van der Waals surface area contributed by atoms with E-state index in [1.54, 1.807) is 30.5 Å². The number of fused-ring (bicyclic) bond motifs is 1. The average molecular weight is 366 g/mol. The van der Waals surface area contributed by atoms with E-state index in [0.29, 0.717) is 17.2 Å². The van der Waals surface area contributed by atoms with Gasteiger partial charge in [0.05, 0.1) is 0 Å². The molecule has 1 aromatic carbocycles. The Bertz CT molecular complexity index is 716. The van der Waals surface area contributed by atoms with Crippen molar-refractivity contribution < 1.29 is 19.1 Å². The molecule has 3 N–H and O–H groups in total. The monoisotopic (exact) mass is 365 g/mol. The van der Waals surface area contributed by atoms with Crippen LogP contribution in [0.15, 0.2) is 41.0 Å². The lowest BCUT2D eigenvalue weighted by molar-refractivity contribution is -0.131. The SMILES string of the molecule is O=C(NNC(=O)C1COc2ccccc2O1)c1cc(Br)c[nH]1. The van der Waals surface area contributed by atoms with Gasteiger partial charge in [0.2, 0.25) is 6.10 Å². The molecule has 3 rings (SSSR count). The molecule has 0 radical (unpaired) electrons. The number of hydrazine groups is 1. The number of aromatic nitrogens is 1. The first kappa shape index (κ1) is 14.5. The van der Waals surface area contributed by atoms with Gasteiger partial charge in [-0.2, -0.15) is 0 Å². The zero-order valence-electron chi connectivity index (χ0n) is 11.3. The van der Waals surface area contributed by atoms with Crippen molar-refractivity contribution in [3.05, 3.63) is 46.7 Å². The number of hydrogen-bond donors (Lipinski definition) is 3. The molecule has 114 valence electrons. The molecule has 0 aliphatic carbocycles. The van der Waals surface area contributed by atoms with Crippen LogP contribution in [-0.4, -0.2) is 29.5 Å². The molecular formula is C14H12BrN3O4. The van der Waals surface area contributed by atoms with Crippen LogP contribution < -0.4 is 20.3 Å². The second-order valence-electron chi connectivity index (χ2n) is 4.54. The minimum atomic E-state index is -0.828. The third kappa shape index (κ3) is 3.06. The van der Waals surface area contributed by atoms with Crippen molar-refractivity contribution in [3.63, 3.8) is 0 Å². The van der Waals surface area contributed by atoms with E-state index in [1.165, 1.54) is 0 Å². The molecule has 8 heteroatoms. The van der Waals surface area contributed by atoms with Gasteiger partial charge in [-0.15, -0.1) is 0 Å². The smallest absolute Gasteiger partial charge is 0.286 e. The first-order chi connectivity index (χ1) is 10.6. The van der Waals surface area contributed by atoms with Gasteiger partial charge in [-0.3, -0.25) is 20.4 Å². The van der Waals surface area contributed by atoms with E-state index < -0.39 is 17.9 Å². The lowest BCUT2D eigenvalue weighted by atomic mass is 10.2. The van der Waals surface area contributed by atoms with Crippen LogP contribution in [0, 0.1) is 0 Å². The first-order valence-corrected chi connectivity index (χ1v) is 7.25. The van der Waals surface area contributed by atoms with Crippen molar-refractivity contribution in [1.82, 2.24) is 15.8 Å². The maximum atomic E-state index is 12.0. The van der Waals surface area contributed by atoms with Crippen molar-refractivity contribution in [2.75, 3.05) is 6.61 Å². The van der Waals surface area contributed by atoms with Gasteiger partial charge in [0.1, 0.15) is 12.3 Å². The van der Waals surface area contributed by atoms with Crippen LogP contribution in [0.1, 0.15) is 10.5 Å². The largest absolute Gasteiger partial charge is 0.485 e. The molecule has 1 aliphatic rings. The Balaban J connectivity index is 1.56. The number of benzene rings is 1. The fraction of sp³-hybridized carbons (Fsp3) is 0.143. The molecule has 1 unspecified atom stereocenters. The highest BCUT2D eigenvalue weighted by atomic mass is 79.9. The molecule has 0 bridgehead atoms. The van der Waals surface area contributed by atoms with Gasteiger partial charge in [-0.1, -0.05) is 12.1 Å². The molecule has 1 aromatic heterocycles. The molecule has 0 fully saturated rings. The third-order valence-electron chi connectivity index (χ3n) is 2.99. The molecule has 1 atom stereocenters. The maximum Gasteiger partial charge on any atom is 0.286 e. The van der Waals surface area contributed by atoms with Gasteiger partial charge in [0.25, 0.3) is 11.8 Å². The fourth-order valence-corrected chi connectivity index (χ4v) is 2.26. The highest BCUT2D eigenvalue weighted by Crippen LogP contribution is 2.30. The zero-order valence-corrected chi connectivity index (χ0v) is 12.8. The van der Waals surface area contributed by atoms with Crippen molar-refractivity contribution in [2.24, 2.45) is 0 Å². The Morgan fingerprint density at radius 3 is 2.73 bits per heavy atom. The van der Waals surface area contributed by atoms with Crippen molar-refractivity contribution in [2.45, 2.75) is 6.10 Å². The Kier molecular flexibility index (Phi) is 4.01. The van der Waals surface area contributed by atoms with Crippen LogP contribution in [0.5, 0.6) is 11.5 Å². The second-order valence-corrected chi connectivity index (χ2v) is 5.45. The lowest BCUT2D eigenvalue weighted by Gasteiger charge is -2.25. The predicted molar refractivity (Wildman–Crippen MR) is 80.5 cm³/mol. The number of H-pyrrole nitrogens is 1. The predicted octanol–water partition coefficient (Wildman–Crippen LogP) is 1.38. The minimum Gasteiger partial charge on any atom is -0.485 e. The first-order valence-electron chi connectivity index (χ1n) is 6.46. The summed E-state index contributed by atoms with van der Waals surface area (Å²) in [5, 5.41) is 0. The quantitative estimate of drug-likeness (QED) is 0.701. The minimum absolute atomic E-state index is 0.0762. The number of carbonyl (C=O) groups is 2. The molecule has 0 spiro atoms. The van der Waals surface area contributed by atoms with E-state index in [4.69, 9.17) is 9.47 Å². The summed E-state index contributed by atoms with van der Waals surface area (Å²) in [6, 6.07) is 8.67. The summed E-state index contributed by atoms with van der Waals surface area (Å²) in [5.74, 6) is 0.130. The van der Waals surface area contributed by atoms with Gasteiger partial charge in [0, 0.05) is 10.7 Å². The number of aromatic amines is 1. The molecule has 2 amide bonds. The third-order valence-corrected chi connectivity index (χ3v) is 3.45. The van der Waals surface area contributed by atoms with Crippen LogP contribution in [-0.2, 0) is 4.79 Å². The summed E-state index contributed by atoms with van der Waals surface area (Å²) in [4.78, 5) is 26.5. The summed E-state index contributed by atoms with van der Waals surface area (Å²) in [7, 11) is 0. The van der Waals surface area contributed by atoms with Gasteiger partial charge < -0.3 is 14.5 Å². The normalized spacial score (nSPS) is 16.0. The van der Waals surface area contributed by atoms with E-state index in [1.807, 2.05) is 6.07 Å². The van der Waals surface area contributed by atoms with Crippen LogP contribution >= 0.6 is 15.9 Å². The molecule has 0 saturated carbocycles. The number of hydrogen-bond acceptors (Lipinski definition) is 4. The molecule has 7 nitrogen and oxygen atoms in total. The molecular weight excluding hydrogens is 354 g/mol. The van der Waals surface area contributed by atoms with Crippen molar-refractivity contribution in [3.8, 4) is 11.5 Å².